The molecule has 0 bridgehead atoms. The lowest BCUT2D eigenvalue weighted by molar-refractivity contribution is 0.582. The van der Waals surface area contributed by atoms with Crippen molar-refractivity contribution in [2.75, 3.05) is 0 Å². The van der Waals surface area contributed by atoms with Crippen molar-refractivity contribution < 1.29 is 4.42 Å². The number of pyridine rings is 1. The Morgan fingerprint density at radius 2 is 2.05 bits per heavy atom. The first-order valence-electron chi connectivity index (χ1n) is 5.92. The topological polar surface area (TPSA) is 41.8 Å². The Hall–Kier alpha value is -2.26. The molecule has 0 aliphatic rings. The summed E-state index contributed by atoms with van der Waals surface area (Å²) in [4.78, 5) is 7.58. The summed E-state index contributed by atoms with van der Waals surface area (Å²) in [5.41, 5.74) is 2.93. The van der Waals surface area contributed by atoms with E-state index in [1.165, 1.54) is 0 Å². The SMILES string of the molecule is Clc1cnc2[nH]c3ccc(-c4ccco4)cc3c2c1. The first-order chi connectivity index (χ1) is 9.31. The number of H-pyrrole nitrogens is 1. The average molecular weight is 269 g/mol. The van der Waals surface area contributed by atoms with Gasteiger partial charge in [-0.3, -0.25) is 0 Å². The van der Waals surface area contributed by atoms with Crippen LogP contribution in [-0.4, -0.2) is 9.97 Å². The Labute approximate surface area is 113 Å². The third-order valence-electron chi connectivity index (χ3n) is 3.22. The van der Waals surface area contributed by atoms with Crippen molar-refractivity contribution in [1.29, 1.82) is 0 Å². The summed E-state index contributed by atoms with van der Waals surface area (Å²) >= 11 is 6.02. The van der Waals surface area contributed by atoms with Crippen LogP contribution in [0.15, 0.2) is 53.3 Å². The van der Waals surface area contributed by atoms with E-state index >= 15 is 0 Å². The van der Waals surface area contributed by atoms with E-state index in [0.717, 1.165) is 33.3 Å². The van der Waals surface area contributed by atoms with Crippen molar-refractivity contribution in [1.82, 2.24) is 9.97 Å². The van der Waals surface area contributed by atoms with Gasteiger partial charge in [-0.05, 0) is 36.4 Å². The summed E-state index contributed by atoms with van der Waals surface area (Å²) in [7, 11) is 0. The second-order valence-electron chi connectivity index (χ2n) is 4.41. The summed E-state index contributed by atoms with van der Waals surface area (Å²) in [5.74, 6) is 0.853. The van der Waals surface area contributed by atoms with Gasteiger partial charge < -0.3 is 9.40 Å². The fraction of sp³-hybridized carbons (Fsp3) is 0. The molecule has 0 fully saturated rings. The second kappa shape index (κ2) is 3.87. The zero-order chi connectivity index (χ0) is 12.8. The Morgan fingerprint density at radius 1 is 1.11 bits per heavy atom. The minimum atomic E-state index is 0.636. The van der Waals surface area contributed by atoms with Crippen LogP contribution in [0.4, 0.5) is 0 Å². The Balaban J connectivity index is 2.06. The van der Waals surface area contributed by atoms with Gasteiger partial charge in [0.25, 0.3) is 0 Å². The molecule has 19 heavy (non-hydrogen) atoms. The number of halogens is 1. The second-order valence-corrected chi connectivity index (χ2v) is 4.85. The number of rotatable bonds is 1. The average Bonchev–Trinajstić information content (AvgIpc) is 3.05. The summed E-state index contributed by atoms with van der Waals surface area (Å²) in [6.45, 7) is 0. The van der Waals surface area contributed by atoms with Gasteiger partial charge in [-0.15, -0.1) is 0 Å². The van der Waals surface area contributed by atoms with Gasteiger partial charge in [0.05, 0.1) is 11.3 Å². The maximum atomic E-state index is 6.02. The van der Waals surface area contributed by atoms with Crippen LogP contribution in [-0.2, 0) is 0 Å². The molecule has 92 valence electrons. The molecule has 0 saturated heterocycles. The summed E-state index contributed by atoms with van der Waals surface area (Å²) in [6.07, 6.45) is 3.32. The Morgan fingerprint density at radius 3 is 2.89 bits per heavy atom. The highest BCUT2D eigenvalue weighted by molar-refractivity contribution is 6.31. The van der Waals surface area contributed by atoms with Crippen LogP contribution in [0.5, 0.6) is 0 Å². The zero-order valence-electron chi connectivity index (χ0n) is 9.85. The van der Waals surface area contributed by atoms with Gasteiger partial charge in [-0.1, -0.05) is 11.6 Å². The monoisotopic (exact) mass is 268 g/mol. The highest BCUT2D eigenvalue weighted by Crippen LogP contribution is 2.30. The fourth-order valence-electron chi connectivity index (χ4n) is 2.34. The molecule has 1 aromatic carbocycles. The third-order valence-corrected chi connectivity index (χ3v) is 3.43. The number of aromatic nitrogens is 2. The lowest BCUT2D eigenvalue weighted by Gasteiger charge is -1.97. The van der Waals surface area contributed by atoms with E-state index in [1.54, 1.807) is 12.5 Å². The van der Waals surface area contributed by atoms with E-state index in [4.69, 9.17) is 16.0 Å². The van der Waals surface area contributed by atoms with Crippen molar-refractivity contribution in [3.63, 3.8) is 0 Å². The molecule has 4 heteroatoms. The highest BCUT2D eigenvalue weighted by atomic mass is 35.5. The predicted molar refractivity (Wildman–Crippen MR) is 76.3 cm³/mol. The molecular weight excluding hydrogens is 260 g/mol. The maximum absolute atomic E-state index is 6.02. The van der Waals surface area contributed by atoms with E-state index in [-0.39, 0.29) is 0 Å². The summed E-state index contributed by atoms with van der Waals surface area (Å²) in [6, 6.07) is 11.9. The van der Waals surface area contributed by atoms with Gasteiger partial charge in [0.15, 0.2) is 0 Å². The molecule has 3 heterocycles. The van der Waals surface area contributed by atoms with Gasteiger partial charge in [0, 0.05) is 28.0 Å². The molecule has 0 spiro atoms. The molecule has 0 unspecified atom stereocenters. The van der Waals surface area contributed by atoms with E-state index in [2.05, 4.69) is 16.0 Å². The molecule has 3 aromatic heterocycles. The van der Waals surface area contributed by atoms with Gasteiger partial charge in [-0.2, -0.15) is 0 Å². The number of fused-ring (bicyclic) bond motifs is 3. The number of furan rings is 1. The quantitative estimate of drug-likeness (QED) is 0.547. The molecule has 4 aromatic rings. The van der Waals surface area contributed by atoms with Crippen LogP contribution < -0.4 is 0 Å². The van der Waals surface area contributed by atoms with Crippen LogP contribution in [0.2, 0.25) is 5.02 Å². The lowest BCUT2D eigenvalue weighted by atomic mass is 10.1. The van der Waals surface area contributed by atoms with E-state index in [1.807, 2.05) is 30.3 Å². The van der Waals surface area contributed by atoms with Gasteiger partial charge in [0.2, 0.25) is 0 Å². The number of hydrogen-bond donors (Lipinski definition) is 1. The molecule has 0 aliphatic carbocycles. The fourth-order valence-corrected chi connectivity index (χ4v) is 2.50. The first-order valence-corrected chi connectivity index (χ1v) is 6.30. The molecule has 4 rings (SSSR count). The third kappa shape index (κ3) is 1.63. The van der Waals surface area contributed by atoms with Crippen LogP contribution in [0.1, 0.15) is 0 Å². The summed E-state index contributed by atoms with van der Waals surface area (Å²) < 4.78 is 5.43. The maximum Gasteiger partial charge on any atom is 0.138 e. The smallest absolute Gasteiger partial charge is 0.138 e. The Bertz CT molecular complexity index is 878. The van der Waals surface area contributed by atoms with E-state index in [9.17, 15) is 0 Å². The van der Waals surface area contributed by atoms with Gasteiger partial charge in [-0.25, -0.2) is 4.98 Å². The van der Waals surface area contributed by atoms with Crippen LogP contribution in [0.3, 0.4) is 0 Å². The summed E-state index contributed by atoms with van der Waals surface area (Å²) in [5, 5.41) is 2.76. The van der Waals surface area contributed by atoms with Crippen LogP contribution in [0, 0.1) is 0 Å². The van der Waals surface area contributed by atoms with Crippen molar-refractivity contribution in [3.05, 3.63) is 53.9 Å². The molecule has 3 nitrogen and oxygen atoms in total. The first kappa shape index (κ1) is 10.6. The van der Waals surface area contributed by atoms with Crippen LogP contribution >= 0.6 is 11.6 Å². The zero-order valence-corrected chi connectivity index (χ0v) is 10.6. The van der Waals surface area contributed by atoms with Crippen molar-refractivity contribution in [3.8, 4) is 11.3 Å². The molecule has 0 radical (unpaired) electrons. The number of nitrogens with zero attached hydrogens (tertiary/aromatic N) is 1. The number of aromatic amines is 1. The molecule has 0 atom stereocenters. The normalized spacial score (nSPS) is 11.4. The molecular formula is C15H9ClN2O. The number of benzene rings is 1. The van der Waals surface area contributed by atoms with Gasteiger partial charge >= 0.3 is 0 Å². The van der Waals surface area contributed by atoms with Crippen molar-refractivity contribution in [2.45, 2.75) is 0 Å². The molecule has 0 aliphatic heterocycles. The highest BCUT2D eigenvalue weighted by Gasteiger charge is 2.08. The minimum Gasteiger partial charge on any atom is -0.464 e. The van der Waals surface area contributed by atoms with E-state index < -0.39 is 0 Å². The number of nitrogens with one attached hydrogen (secondary N) is 1. The van der Waals surface area contributed by atoms with Crippen molar-refractivity contribution >= 4 is 33.5 Å². The van der Waals surface area contributed by atoms with Crippen LogP contribution in [0.25, 0.3) is 33.3 Å². The minimum absolute atomic E-state index is 0.636. The van der Waals surface area contributed by atoms with Crippen molar-refractivity contribution in [2.24, 2.45) is 0 Å². The van der Waals surface area contributed by atoms with E-state index in [0.29, 0.717) is 5.02 Å². The molecule has 0 amide bonds. The largest absolute Gasteiger partial charge is 0.464 e. The standard InChI is InChI=1S/C15H9ClN2O/c16-10-7-12-11-6-9(14-2-1-5-19-14)3-4-13(11)18-15(12)17-8-10/h1-8H,(H,17,18). The molecule has 0 saturated carbocycles. The lowest BCUT2D eigenvalue weighted by Crippen LogP contribution is -1.74. The predicted octanol–water partition coefficient (Wildman–Crippen LogP) is 4.63. The number of hydrogen-bond acceptors (Lipinski definition) is 2. The van der Waals surface area contributed by atoms with Gasteiger partial charge in [0.1, 0.15) is 11.4 Å². The molecule has 1 N–H and O–H groups in total. The Kier molecular flexibility index (Phi) is 2.17.